The zero-order valence-electron chi connectivity index (χ0n) is 17.0. The molecule has 0 radical (unpaired) electrons. The number of nitrogens with zero attached hydrogens (tertiary/aromatic N) is 3. The van der Waals surface area contributed by atoms with Gasteiger partial charge in [0.2, 0.25) is 11.8 Å². The highest BCUT2D eigenvalue weighted by molar-refractivity contribution is 5.98. The van der Waals surface area contributed by atoms with Gasteiger partial charge < -0.3 is 19.4 Å². The molecule has 3 saturated heterocycles. The van der Waals surface area contributed by atoms with Crippen molar-refractivity contribution in [3.8, 4) is 5.75 Å². The number of benzene rings is 1. The second-order valence-electron chi connectivity index (χ2n) is 8.14. The zero-order valence-corrected chi connectivity index (χ0v) is 17.0. The van der Waals surface area contributed by atoms with E-state index in [9.17, 15) is 14.4 Å². The lowest BCUT2D eigenvalue weighted by Gasteiger charge is -2.38. The van der Waals surface area contributed by atoms with Crippen molar-refractivity contribution in [3.63, 3.8) is 0 Å². The van der Waals surface area contributed by atoms with E-state index in [0.29, 0.717) is 43.8 Å². The van der Waals surface area contributed by atoms with E-state index < -0.39 is 6.04 Å². The van der Waals surface area contributed by atoms with E-state index in [2.05, 4.69) is 0 Å². The average Bonchev–Trinajstić information content (AvgIpc) is 3.42. The van der Waals surface area contributed by atoms with Crippen LogP contribution in [0.15, 0.2) is 24.3 Å². The molecule has 3 amide bonds. The molecule has 0 saturated carbocycles. The van der Waals surface area contributed by atoms with Crippen LogP contribution in [0.4, 0.5) is 0 Å². The Labute approximate surface area is 171 Å². The predicted molar refractivity (Wildman–Crippen MR) is 108 cm³/mol. The fraction of sp³-hybridized carbons (Fsp3) is 0.591. The van der Waals surface area contributed by atoms with E-state index in [-0.39, 0.29) is 23.8 Å². The standard InChI is InChI=1S/C22H29N3O4/c1-29-18-6-2-5-16(15-18)21(27)25-12-3-7-19(25)22(28)23-13-9-17(10-14-23)24-11-4-8-20(24)26/h2,5-6,15,17,19H,3-4,7-14H2,1H3. The van der Waals surface area contributed by atoms with Crippen molar-refractivity contribution in [1.82, 2.24) is 14.7 Å². The van der Waals surface area contributed by atoms with Crippen molar-refractivity contribution in [2.75, 3.05) is 33.3 Å². The smallest absolute Gasteiger partial charge is 0.254 e. The lowest BCUT2D eigenvalue weighted by Crippen LogP contribution is -2.52. The number of hydrogen-bond acceptors (Lipinski definition) is 4. The largest absolute Gasteiger partial charge is 0.497 e. The Bertz CT molecular complexity index is 788. The quantitative estimate of drug-likeness (QED) is 0.776. The van der Waals surface area contributed by atoms with E-state index in [1.54, 1.807) is 36.3 Å². The molecule has 1 aromatic carbocycles. The molecule has 29 heavy (non-hydrogen) atoms. The summed E-state index contributed by atoms with van der Waals surface area (Å²) in [7, 11) is 1.57. The molecule has 3 heterocycles. The van der Waals surface area contributed by atoms with E-state index >= 15 is 0 Å². The topological polar surface area (TPSA) is 70.2 Å². The molecule has 0 aliphatic carbocycles. The first kappa shape index (κ1) is 19.7. The molecule has 3 aliphatic heterocycles. The van der Waals surface area contributed by atoms with Crippen LogP contribution in [0.25, 0.3) is 0 Å². The summed E-state index contributed by atoms with van der Waals surface area (Å²) in [5.74, 6) is 0.819. The van der Waals surface area contributed by atoms with Gasteiger partial charge in [0.15, 0.2) is 0 Å². The second-order valence-corrected chi connectivity index (χ2v) is 8.14. The van der Waals surface area contributed by atoms with Gasteiger partial charge in [-0.2, -0.15) is 0 Å². The number of rotatable bonds is 4. The molecule has 3 fully saturated rings. The molecule has 0 spiro atoms. The summed E-state index contributed by atoms with van der Waals surface area (Å²) in [5, 5.41) is 0. The lowest BCUT2D eigenvalue weighted by molar-refractivity contribution is -0.137. The van der Waals surface area contributed by atoms with Gasteiger partial charge in [-0.15, -0.1) is 0 Å². The van der Waals surface area contributed by atoms with Crippen molar-refractivity contribution in [2.45, 2.75) is 50.6 Å². The van der Waals surface area contributed by atoms with Crippen molar-refractivity contribution >= 4 is 17.7 Å². The van der Waals surface area contributed by atoms with Gasteiger partial charge >= 0.3 is 0 Å². The van der Waals surface area contributed by atoms with Crippen molar-refractivity contribution in [3.05, 3.63) is 29.8 Å². The number of amides is 3. The van der Waals surface area contributed by atoms with Crippen molar-refractivity contribution in [2.24, 2.45) is 0 Å². The first-order valence-electron chi connectivity index (χ1n) is 10.6. The monoisotopic (exact) mass is 399 g/mol. The highest BCUT2D eigenvalue weighted by Crippen LogP contribution is 2.27. The molecule has 7 heteroatoms. The molecule has 0 aromatic heterocycles. The Balaban J connectivity index is 1.39. The first-order valence-corrected chi connectivity index (χ1v) is 10.6. The Morgan fingerprint density at radius 3 is 2.52 bits per heavy atom. The fourth-order valence-electron chi connectivity index (χ4n) is 4.85. The van der Waals surface area contributed by atoms with Gasteiger partial charge in [0.25, 0.3) is 5.91 Å². The van der Waals surface area contributed by atoms with E-state index in [4.69, 9.17) is 4.74 Å². The van der Waals surface area contributed by atoms with Gasteiger partial charge in [-0.3, -0.25) is 14.4 Å². The van der Waals surface area contributed by atoms with Crippen LogP contribution in [0.2, 0.25) is 0 Å². The maximum atomic E-state index is 13.2. The third-order valence-corrected chi connectivity index (χ3v) is 6.44. The number of likely N-dealkylation sites (tertiary alicyclic amines) is 3. The number of hydrogen-bond donors (Lipinski definition) is 0. The molecule has 1 atom stereocenters. The Kier molecular flexibility index (Phi) is 5.74. The second kappa shape index (κ2) is 8.43. The van der Waals surface area contributed by atoms with Gasteiger partial charge in [0.1, 0.15) is 11.8 Å². The maximum absolute atomic E-state index is 13.2. The zero-order chi connectivity index (χ0) is 20.4. The summed E-state index contributed by atoms with van der Waals surface area (Å²) in [6.07, 6.45) is 4.80. The SMILES string of the molecule is COc1cccc(C(=O)N2CCCC2C(=O)N2CCC(N3CCCC3=O)CC2)c1. The molecular formula is C22H29N3O4. The number of ether oxygens (including phenoxy) is 1. The Hall–Kier alpha value is -2.57. The van der Waals surface area contributed by atoms with Crippen LogP contribution in [0.5, 0.6) is 5.75 Å². The van der Waals surface area contributed by atoms with Gasteiger partial charge in [-0.1, -0.05) is 6.07 Å². The normalized spacial score (nSPS) is 23.0. The van der Waals surface area contributed by atoms with Gasteiger partial charge in [-0.25, -0.2) is 0 Å². The highest BCUT2D eigenvalue weighted by Gasteiger charge is 2.39. The van der Waals surface area contributed by atoms with Gasteiger partial charge in [0.05, 0.1) is 7.11 Å². The third kappa shape index (κ3) is 3.95. The van der Waals surface area contributed by atoms with Crippen molar-refractivity contribution < 1.29 is 19.1 Å². The Morgan fingerprint density at radius 2 is 1.83 bits per heavy atom. The van der Waals surface area contributed by atoms with Crippen LogP contribution < -0.4 is 4.74 Å². The molecule has 156 valence electrons. The van der Waals surface area contributed by atoms with Crippen LogP contribution >= 0.6 is 0 Å². The molecular weight excluding hydrogens is 370 g/mol. The summed E-state index contributed by atoms with van der Waals surface area (Å²) in [5.41, 5.74) is 0.551. The number of carbonyl (C=O) groups is 3. The maximum Gasteiger partial charge on any atom is 0.254 e. The number of piperidine rings is 1. The number of carbonyl (C=O) groups excluding carboxylic acids is 3. The van der Waals surface area contributed by atoms with Gasteiger partial charge in [-0.05, 0) is 50.3 Å². The summed E-state index contributed by atoms with van der Waals surface area (Å²) in [4.78, 5) is 43.8. The minimum absolute atomic E-state index is 0.0462. The van der Waals surface area contributed by atoms with E-state index in [0.717, 1.165) is 32.2 Å². The fourth-order valence-corrected chi connectivity index (χ4v) is 4.85. The molecule has 1 unspecified atom stereocenters. The number of methoxy groups -OCH3 is 1. The summed E-state index contributed by atoms with van der Waals surface area (Å²) in [6, 6.07) is 6.96. The summed E-state index contributed by atoms with van der Waals surface area (Å²) in [6.45, 7) is 2.77. The van der Waals surface area contributed by atoms with Crippen LogP contribution in [-0.2, 0) is 9.59 Å². The van der Waals surface area contributed by atoms with E-state index in [1.165, 1.54) is 0 Å². The Morgan fingerprint density at radius 1 is 1.03 bits per heavy atom. The van der Waals surface area contributed by atoms with Gasteiger partial charge in [0, 0.05) is 44.2 Å². The molecule has 0 N–H and O–H groups in total. The van der Waals surface area contributed by atoms with Crippen LogP contribution in [-0.4, -0.2) is 77.8 Å². The van der Waals surface area contributed by atoms with Crippen LogP contribution in [0.1, 0.15) is 48.9 Å². The minimum Gasteiger partial charge on any atom is -0.497 e. The molecule has 0 bridgehead atoms. The molecule has 3 aliphatic rings. The molecule has 1 aromatic rings. The summed E-state index contributed by atoms with van der Waals surface area (Å²) >= 11 is 0. The summed E-state index contributed by atoms with van der Waals surface area (Å²) < 4.78 is 5.22. The average molecular weight is 399 g/mol. The molecule has 4 rings (SSSR count). The lowest BCUT2D eigenvalue weighted by atomic mass is 10.0. The first-order chi connectivity index (χ1) is 14.1. The predicted octanol–water partition coefficient (Wildman–Crippen LogP) is 1.91. The highest BCUT2D eigenvalue weighted by atomic mass is 16.5. The van der Waals surface area contributed by atoms with Crippen LogP contribution in [0.3, 0.4) is 0 Å². The van der Waals surface area contributed by atoms with E-state index in [1.807, 2.05) is 9.80 Å². The minimum atomic E-state index is -0.390. The van der Waals surface area contributed by atoms with Crippen LogP contribution in [0, 0.1) is 0 Å². The third-order valence-electron chi connectivity index (χ3n) is 6.44. The molecule has 7 nitrogen and oxygen atoms in total. The van der Waals surface area contributed by atoms with Crippen molar-refractivity contribution in [1.29, 1.82) is 0 Å².